The highest BCUT2D eigenvalue weighted by Crippen LogP contribution is 2.26. The molecule has 1 aliphatic heterocycles. The van der Waals surface area contributed by atoms with E-state index < -0.39 is 0 Å². The molecule has 3 rings (SSSR count). The number of fused-ring (bicyclic) bond motifs is 1. The Balaban J connectivity index is 1.57. The molecule has 1 atom stereocenters. The highest BCUT2D eigenvalue weighted by Gasteiger charge is 2.17. The predicted octanol–water partition coefficient (Wildman–Crippen LogP) is 2.90. The van der Waals surface area contributed by atoms with Crippen LogP contribution in [0.2, 0.25) is 0 Å². The Labute approximate surface area is 144 Å². The lowest BCUT2D eigenvalue weighted by molar-refractivity contribution is -0.116. The van der Waals surface area contributed by atoms with E-state index in [1.807, 2.05) is 37.4 Å². The zero-order valence-electron chi connectivity index (χ0n) is 13.7. The number of anilines is 1. The Morgan fingerprint density at radius 1 is 1.42 bits per heavy atom. The van der Waals surface area contributed by atoms with Crippen LogP contribution in [-0.4, -0.2) is 16.9 Å². The first-order valence-electron chi connectivity index (χ1n) is 7.89. The summed E-state index contributed by atoms with van der Waals surface area (Å²) < 4.78 is 0. The second-order valence-corrected chi connectivity index (χ2v) is 6.84. The molecule has 7 heteroatoms. The van der Waals surface area contributed by atoms with Crippen LogP contribution in [0.5, 0.6) is 0 Å². The van der Waals surface area contributed by atoms with E-state index in [2.05, 4.69) is 20.9 Å². The molecule has 1 aliphatic rings. The molecule has 0 saturated heterocycles. The number of aromatic nitrogens is 1. The van der Waals surface area contributed by atoms with E-state index in [1.54, 1.807) is 0 Å². The average Bonchev–Trinajstić information content (AvgIpc) is 2.98. The summed E-state index contributed by atoms with van der Waals surface area (Å²) in [4.78, 5) is 27.8. The molecule has 0 fully saturated rings. The molecule has 0 bridgehead atoms. The summed E-state index contributed by atoms with van der Waals surface area (Å²) in [5, 5.41) is 11.5. The van der Waals surface area contributed by atoms with Gasteiger partial charge < -0.3 is 16.0 Å². The lowest BCUT2D eigenvalue weighted by Crippen LogP contribution is -2.36. The number of urea groups is 1. The molecule has 0 saturated carbocycles. The van der Waals surface area contributed by atoms with Crippen molar-refractivity contribution in [1.82, 2.24) is 15.6 Å². The van der Waals surface area contributed by atoms with E-state index in [-0.39, 0.29) is 18.0 Å². The number of amides is 3. The van der Waals surface area contributed by atoms with Crippen LogP contribution in [-0.2, 0) is 17.8 Å². The second kappa shape index (κ2) is 7.00. The van der Waals surface area contributed by atoms with Gasteiger partial charge in [-0.1, -0.05) is 12.1 Å². The number of aryl methyl sites for hydroxylation is 2. The van der Waals surface area contributed by atoms with E-state index in [0.717, 1.165) is 33.9 Å². The number of hydrogen-bond acceptors (Lipinski definition) is 4. The third-order valence-corrected chi connectivity index (χ3v) is 4.91. The summed E-state index contributed by atoms with van der Waals surface area (Å²) in [6.07, 6.45) is 1.24. The maximum atomic E-state index is 12.0. The number of hydrogen-bond donors (Lipinski definition) is 3. The molecule has 2 heterocycles. The third kappa shape index (κ3) is 3.91. The molecule has 1 aromatic carbocycles. The number of benzene rings is 1. The molecule has 126 valence electrons. The van der Waals surface area contributed by atoms with Crippen molar-refractivity contribution in [2.45, 2.75) is 39.3 Å². The average molecular weight is 344 g/mol. The molecule has 1 aromatic heterocycles. The number of nitrogens with one attached hydrogen (secondary N) is 3. The Morgan fingerprint density at radius 2 is 2.25 bits per heavy atom. The molecule has 0 aliphatic carbocycles. The number of carbonyl (C=O) groups is 2. The first-order chi connectivity index (χ1) is 11.5. The summed E-state index contributed by atoms with van der Waals surface area (Å²) >= 11 is 1.53. The van der Waals surface area contributed by atoms with Crippen LogP contribution in [0.25, 0.3) is 0 Å². The molecule has 3 amide bonds. The first-order valence-corrected chi connectivity index (χ1v) is 8.77. The van der Waals surface area contributed by atoms with Crippen molar-refractivity contribution in [3.05, 3.63) is 45.4 Å². The number of nitrogens with zero attached hydrogens (tertiary/aromatic N) is 1. The predicted molar refractivity (Wildman–Crippen MR) is 94.0 cm³/mol. The van der Waals surface area contributed by atoms with Gasteiger partial charge in [0.25, 0.3) is 0 Å². The summed E-state index contributed by atoms with van der Waals surface area (Å²) in [6, 6.07) is 5.53. The highest BCUT2D eigenvalue weighted by molar-refractivity contribution is 7.09. The van der Waals surface area contributed by atoms with Crippen LogP contribution in [0, 0.1) is 6.92 Å². The molecule has 2 aromatic rings. The van der Waals surface area contributed by atoms with Crippen LogP contribution in [0.15, 0.2) is 23.6 Å². The Kier molecular flexibility index (Phi) is 4.80. The van der Waals surface area contributed by atoms with Gasteiger partial charge in [-0.05, 0) is 37.5 Å². The van der Waals surface area contributed by atoms with Gasteiger partial charge in [0.15, 0.2) is 0 Å². The summed E-state index contributed by atoms with van der Waals surface area (Å²) in [5.74, 6) is 0.0539. The molecule has 6 nitrogen and oxygen atoms in total. The molecular weight excluding hydrogens is 324 g/mol. The van der Waals surface area contributed by atoms with Gasteiger partial charge in [-0.2, -0.15) is 0 Å². The van der Waals surface area contributed by atoms with Crippen molar-refractivity contribution in [3.8, 4) is 0 Å². The van der Waals surface area contributed by atoms with E-state index >= 15 is 0 Å². The van der Waals surface area contributed by atoms with Crippen LogP contribution in [0.4, 0.5) is 10.5 Å². The van der Waals surface area contributed by atoms with Crippen LogP contribution < -0.4 is 16.0 Å². The van der Waals surface area contributed by atoms with Crippen LogP contribution in [0.3, 0.4) is 0 Å². The van der Waals surface area contributed by atoms with Gasteiger partial charge in [0.05, 0.1) is 12.6 Å². The molecule has 24 heavy (non-hydrogen) atoms. The minimum atomic E-state index is -0.221. The van der Waals surface area contributed by atoms with E-state index in [1.165, 1.54) is 11.3 Å². The third-order valence-electron chi connectivity index (χ3n) is 3.94. The monoisotopic (exact) mass is 344 g/mol. The van der Waals surface area contributed by atoms with Gasteiger partial charge in [-0.25, -0.2) is 9.78 Å². The Morgan fingerprint density at radius 3 is 3.00 bits per heavy atom. The maximum Gasteiger partial charge on any atom is 0.315 e. The maximum absolute atomic E-state index is 12.0. The molecule has 0 radical (unpaired) electrons. The van der Waals surface area contributed by atoms with Crippen molar-refractivity contribution < 1.29 is 9.59 Å². The van der Waals surface area contributed by atoms with Gasteiger partial charge in [-0.3, -0.25) is 4.79 Å². The van der Waals surface area contributed by atoms with Crippen LogP contribution >= 0.6 is 11.3 Å². The minimum Gasteiger partial charge on any atom is -0.332 e. The Hall–Kier alpha value is -2.41. The van der Waals surface area contributed by atoms with Crippen molar-refractivity contribution in [2.24, 2.45) is 0 Å². The summed E-state index contributed by atoms with van der Waals surface area (Å²) in [6.45, 7) is 4.30. The van der Waals surface area contributed by atoms with E-state index in [9.17, 15) is 9.59 Å². The van der Waals surface area contributed by atoms with Gasteiger partial charge in [0.2, 0.25) is 5.91 Å². The standard InChI is InChI=1S/C17H20N4O2S/c1-10-9-24-16(19-10)8-18-17(23)20-11(2)12-3-5-14-13(7-12)4-6-15(22)21-14/h3,5,7,9,11H,4,6,8H2,1-2H3,(H,21,22)(H2,18,20,23). The number of rotatable bonds is 4. The van der Waals surface area contributed by atoms with Gasteiger partial charge in [0, 0.05) is 23.2 Å². The zero-order chi connectivity index (χ0) is 17.1. The van der Waals surface area contributed by atoms with Gasteiger partial charge in [-0.15, -0.1) is 11.3 Å². The second-order valence-electron chi connectivity index (χ2n) is 5.90. The highest BCUT2D eigenvalue weighted by atomic mass is 32.1. The molecule has 3 N–H and O–H groups in total. The van der Waals surface area contributed by atoms with E-state index in [0.29, 0.717) is 13.0 Å². The lowest BCUT2D eigenvalue weighted by Gasteiger charge is -2.20. The number of carbonyl (C=O) groups excluding carboxylic acids is 2. The molecular formula is C17H20N4O2S. The lowest BCUT2D eigenvalue weighted by atomic mass is 9.98. The van der Waals surface area contributed by atoms with Crippen molar-refractivity contribution in [3.63, 3.8) is 0 Å². The minimum absolute atomic E-state index is 0.0539. The zero-order valence-corrected chi connectivity index (χ0v) is 14.5. The summed E-state index contributed by atoms with van der Waals surface area (Å²) in [5.41, 5.74) is 3.96. The topological polar surface area (TPSA) is 83.1 Å². The van der Waals surface area contributed by atoms with Crippen molar-refractivity contribution in [1.29, 1.82) is 0 Å². The van der Waals surface area contributed by atoms with Gasteiger partial charge >= 0.3 is 6.03 Å². The first kappa shape index (κ1) is 16.4. The quantitative estimate of drug-likeness (QED) is 0.797. The number of thiazole rings is 1. The Bertz CT molecular complexity index is 772. The smallest absolute Gasteiger partial charge is 0.315 e. The fourth-order valence-electron chi connectivity index (χ4n) is 2.64. The fraction of sp³-hybridized carbons (Fsp3) is 0.353. The SMILES string of the molecule is Cc1csc(CNC(=O)NC(C)c2ccc3c(c2)CCC(=O)N3)n1. The molecule has 0 spiro atoms. The van der Waals surface area contributed by atoms with E-state index in [4.69, 9.17) is 0 Å². The fourth-order valence-corrected chi connectivity index (χ4v) is 3.35. The molecule has 1 unspecified atom stereocenters. The summed E-state index contributed by atoms with van der Waals surface area (Å²) in [7, 11) is 0. The normalized spacial score (nSPS) is 14.5. The van der Waals surface area contributed by atoms with Gasteiger partial charge in [0.1, 0.15) is 5.01 Å². The van der Waals surface area contributed by atoms with Crippen LogP contribution in [0.1, 0.15) is 41.2 Å². The largest absolute Gasteiger partial charge is 0.332 e. The van der Waals surface area contributed by atoms with Crippen molar-refractivity contribution >= 4 is 29.0 Å². The van der Waals surface area contributed by atoms with Crippen molar-refractivity contribution in [2.75, 3.05) is 5.32 Å².